The van der Waals surface area contributed by atoms with E-state index in [4.69, 9.17) is 0 Å². The number of carbonyl (C=O) groups excluding carboxylic acids is 1. The molecule has 0 aliphatic heterocycles. The van der Waals surface area contributed by atoms with Crippen LogP contribution in [-0.4, -0.2) is 27.0 Å². The fourth-order valence-corrected chi connectivity index (χ4v) is 2.06. The summed E-state index contributed by atoms with van der Waals surface area (Å²) in [4.78, 5) is 32.2. The third-order valence-corrected chi connectivity index (χ3v) is 3.35. The zero-order valence-electron chi connectivity index (χ0n) is 12.6. The van der Waals surface area contributed by atoms with Gasteiger partial charge in [0.25, 0.3) is 5.91 Å². The largest absolute Gasteiger partial charge is 0.479 e. The number of benzene rings is 1. The van der Waals surface area contributed by atoms with Crippen LogP contribution >= 0.6 is 0 Å². The number of hydrogen-bond donors (Lipinski definition) is 2. The van der Waals surface area contributed by atoms with Gasteiger partial charge in [-0.15, -0.1) is 0 Å². The first-order chi connectivity index (χ1) is 10.4. The van der Waals surface area contributed by atoms with E-state index in [1.807, 2.05) is 0 Å². The number of nitrogens with zero attached hydrogens (tertiary/aromatic N) is 2. The van der Waals surface area contributed by atoms with Crippen molar-refractivity contribution in [2.75, 3.05) is 0 Å². The Morgan fingerprint density at radius 3 is 2.18 bits per heavy atom. The van der Waals surface area contributed by atoms with E-state index < -0.39 is 17.9 Å². The van der Waals surface area contributed by atoms with Crippen LogP contribution in [0.5, 0.6) is 0 Å². The molecule has 1 atom stereocenters. The normalized spacial score (nSPS) is 11.8. The average Bonchev–Trinajstić information content (AvgIpc) is 2.48. The number of aromatic nitrogens is 2. The Hall–Kier alpha value is -2.76. The van der Waals surface area contributed by atoms with Gasteiger partial charge in [0.15, 0.2) is 6.04 Å². The molecule has 0 bridgehead atoms. The molecule has 2 aromatic rings. The zero-order chi connectivity index (χ0) is 16.3. The summed E-state index contributed by atoms with van der Waals surface area (Å²) in [5, 5.41) is 11.8. The second-order valence-electron chi connectivity index (χ2n) is 4.98. The van der Waals surface area contributed by atoms with Crippen molar-refractivity contribution in [1.82, 2.24) is 15.3 Å². The van der Waals surface area contributed by atoms with E-state index in [0.29, 0.717) is 17.0 Å². The molecule has 6 nitrogen and oxygen atoms in total. The van der Waals surface area contributed by atoms with Gasteiger partial charge in [-0.3, -0.25) is 9.78 Å². The van der Waals surface area contributed by atoms with E-state index in [0.717, 1.165) is 5.69 Å². The van der Waals surface area contributed by atoms with Gasteiger partial charge in [-0.1, -0.05) is 30.3 Å². The smallest absolute Gasteiger partial charge is 0.330 e. The first-order valence-corrected chi connectivity index (χ1v) is 6.80. The first-order valence-electron chi connectivity index (χ1n) is 6.80. The van der Waals surface area contributed by atoms with Crippen molar-refractivity contribution in [2.24, 2.45) is 0 Å². The van der Waals surface area contributed by atoms with Gasteiger partial charge < -0.3 is 10.4 Å². The molecule has 2 rings (SSSR count). The van der Waals surface area contributed by atoms with Gasteiger partial charge in [0.1, 0.15) is 5.69 Å². The lowest BCUT2D eigenvalue weighted by Gasteiger charge is -2.15. The van der Waals surface area contributed by atoms with Gasteiger partial charge in [0.2, 0.25) is 0 Å². The number of hydrogen-bond acceptors (Lipinski definition) is 4. The molecule has 0 unspecified atom stereocenters. The number of aliphatic carboxylic acids is 1. The Labute approximate surface area is 128 Å². The molecule has 2 N–H and O–H groups in total. The summed E-state index contributed by atoms with van der Waals surface area (Å²) in [7, 11) is 0. The average molecular weight is 299 g/mol. The Morgan fingerprint density at radius 2 is 1.59 bits per heavy atom. The van der Waals surface area contributed by atoms with Crippen LogP contribution in [0.4, 0.5) is 0 Å². The fraction of sp³-hybridized carbons (Fsp3) is 0.250. The fourth-order valence-electron chi connectivity index (χ4n) is 2.06. The SMILES string of the molecule is Cc1nc(C)c(C(=O)N[C@@H](C(=O)O)c2ccccc2)nc1C. The van der Waals surface area contributed by atoms with Crippen LogP contribution in [0, 0.1) is 20.8 Å². The summed E-state index contributed by atoms with van der Waals surface area (Å²) >= 11 is 0. The summed E-state index contributed by atoms with van der Waals surface area (Å²) in [5.41, 5.74) is 2.50. The van der Waals surface area contributed by atoms with Crippen LogP contribution in [0.1, 0.15) is 39.2 Å². The van der Waals surface area contributed by atoms with Crippen LogP contribution in [0.25, 0.3) is 0 Å². The molecule has 0 fully saturated rings. The molecule has 0 aliphatic rings. The molecule has 114 valence electrons. The predicted octanol–water partition coefficient (Wildman–Crippen LogP) is 1.96. The van der Waals surface area contributed by atoms with Crippen molar-refractivity contribution >= 4 is 11.9 Å². The van der Waals surface area contributed by atoms with Crippen molar-refractivity contribution in [3.05, 3.63) is 58.7 Å². The Morgan fingerprint density at radius 1 is 1.00 bits per heavy atom. The highest BCUT2D eigenvalue weighted by molar-refractivity contribution is 5.96. The lowest BCUT2D eigenvalue weighted by atomic mass is 10.1. The minimum atomic E-state index is -1.13. The van der Waals surface area contributed by atoms with Gasteiger partial charge in [0, 0.05) is 0 Å². The molecule has 1 aromatic carbocycles. The number of rotatable bonds is 4. The molecule has 0 saturated heterocycles. The van der Waals surface area contributed by atoms with Gasteiger partial charge in [0.05, 0.1) is 17.1 Å². The lowest BCUT2D eigenvalue weighted by molar-refractivity contribution is -0.139. The van der Waals surface area contributed by atoms with Gasteiger partial charge in [-0.05, 0) is 26.3 Å². The first kappa shape index (κ1) is 15.6. The van der Waals surface area contributed by atoms with Crippen LogP contribution in [0.3, 0.4) is 0 Å². The van der Waals surface area contributed by atoms with Gasteiger partial charge in [-0.25, -0.2) is 9.78 Å². The Kier molecular flexibility index (Phi) is 4.50. The lowest BCUT2D eigenvalue weighted by Crippen LogP contribution is -2.35. The molecule has 22 heavy (non-hydrogen) atoms. The second-order valence-corrected chi connectivity index (χ2v) is 4.98. The highest BCUT2D eigenvalue weighted by Gasteiger charge is 2.24. The van der Waals surface area contributed by atoms with Crippen LogP contribution < -0.4 is 5.32 Å². The highest BCUT2D eigenvalue weighted by Crippen LogP contribution is 2.14. The molecule has 0 radical (unpaired) electrons. The van der Waals surface area contributed by atoms with Gasteiger partial charge >= 0.3 is 5.97 Å². The Balaban J connectivity index is 2.30. The van der Waals surface area contributed by atoms with Crippen molar-refractivity contribution < 1.29 is 14.7 Å². The zero-order valence-corrected chi connectivity index (χ0v) is 12.6. The predicted molar refractivity (Wildman–Crippen MR) is 80.5 cm³/mol. The summed E-state index contributed by atoms with van der Waals surface area (Å²) in [6, 6.07) is 7.40. The standard InChI is InChI=1S/C16H17N3O3/c1-9-10(2)18-13(11(3)17-9)15(20)19-14(16(21)22)12-7-5-4-6-8-12/h4-8,14H,1-3H3,(H,19,20)(H,21,22)/t14-/m1/s1. The third kappa shape index (κ3) is 3.28. The quantitative estimate of drug-likeness (QED) is 0.900. The summed E-state index contributed by atoms with van der Waals surface area (Å²) < 4.78 is 0. The van der Waals surface area contributed by atoms with E-state index in [9.17, 15) is 14.7 Å². The maximum absolute atomic E-state index is 12.3. The minimum absolute atomic E-state index is 0.144. The van der Waals surface area contributed by atoms with Crippen LogP contribution in [-0.2, 0) is 4.79 Å². The van der Waals surface area contributed by atoms with Gasteiger partial charge in [-0.2, -0.15) is 0 Å². The number of carbonyl (C=O) groups is 2. The molecular weight excluding hydrogens is 282 g/mol. The Bertz CT molecular complexity index is 714. The number of carboxylic acid groups (broad SMARTS) is 1. The molecule has 0 saturated carbocycles. The molecule has 6 heteroatoms. The van der Waals surface area contributed by atoms with E-state index in [2.05, 4.69) is 15.3 Å². The topological polar surface area (TPSA) is 92.2 Å². The van der Waals surface area contributed by atoms with Crippen LogP contribution in [0.15, 0.2) is 30.3 Å². The molecule has 0 spiro atoms. The van der Waals surface area contributed by atoms with E-state index >= 15 is 0 Å². The summed E-state index contributed by atoms with van der Waals surface area (Å²) in [6.07, 6.45) is 0. The highest BCUT2D eigenvalue weighted by atomic mass is 16.4. The molecule has 1 heterocycles. The van der Waals surface area contributed by atoms with E-state index in [1.165, 1.54) is 0 Å². The van der Waals surface area contributed by atoms with Crippen LogP contribution in [0.2, 0.25) is 0 Å². The van der Waals surface area contributed by atoms with Crippen molar-refractivity contribution in [1.29, 1.82) is 0 Å². The second kappa shape index (κ2) is 6.34. The summed E-state index contributed by atoms with van der Waals surface area (Å²) in [5.74, 6) is -1.68. The summed E-state index contributed by atoms with van der Waals surface area (Å²) in [6.45, 7) is 5.23. The van der Waals surface area contributed by atoms with E-state index in [-0.39, 0.29) is 5.69 Å². The molecule has 1 amide bonds. The van der Waals surface area contributed by atoms with E-state index in [1.54, 1.807) is 51.1 Å². The maximum Gasteiger partial charge on any atom is 0.330 e. The molecule has 0 aliphatic carbocycles. The molecule has 1 aromatic heterocycles. The van der Waals surface area contributed by atoms with Crippen molar-refractivity contribution in [3.8, 4) is 0 Å². The number of amides is 1. The van der Waals surface area contributed by atoms with Crippen molar-refractivity contribution in [3.63, 3.8) is 0 Å². The number of nitrogens with one attached hydrogen (secondary N) is 1. The maximum atomic E-state index is 12.3. The number of carboxylic acids is 1. The minimum Gasteiger partial charge on any atom is -0.479 e. The molecular formula is C16H17N3O3. The monoisotopic (exact) mass is 299 g/mol. The van der Waals surface area contributed by atoms with Crippen molar-refractivity contribution in [2.45, 2.75) is 26.8 Å². The number of aryl methyl sites for hydroxylation is 3. The third-order valence-electron chi connectivity index (χ3n) is 3.35.